The van der Waals surface area contributed by atoms with Crippen LogP contribution in [0.25, 0.3) is 11.0 Å². The third-order valence-corrected chi connectivity index (χ3v) is 4.89. The van der Waals surface area contributed by atoms with Gasteiger partial charge in [0.05, 0.1) is 16.3 Å². The number of carbonyl (C=O) groups is 1. The predicted molar refractivity (Wildman–Crippen MR) is 86.5 cm³/mol. The first-order chi connectivity index (χ1) is 10.2. The molecule has 3 rings (SSSR count). The zero-order chi connectivity index (χ0) is 14.7. The molecule has 1 fully saturated rings. The van der Waals surface area contributed by atoms with Crippen molar-refractivity contribution in [3.05, 3.63) is 24.3 Å². The fraction of sp³-hybridized carbons (Fsp3) is 0.500. The number of nitrogens with zero attached hydrogens (tertiary/aromatic N) is 2. The molecular formula is C16H21N3OS. The van der Waals surface area contributed by atoms with Gasteiger partial charge in [0.25, 0.3) is 0 Å². The maximum absolute atomic E-state index is 12.5. The second-order valence-corrected chi connectivity index (χ2v) is 6.89. The number of H-pyrrole nitrogens is 1. The Morgan fingerprint density at radius 3 is 2.67 bits per heavy atom. The van der Waals surface area contributed by atoms with Crippen LogP contribution in [0.3, 0.4) is 0 Å². The molecule has 1 saturated heterocycles. The van der Waals surface area contributed by atoms with E-state index in [-0.39, 0.29) is 11.2 Å². The minimum absolute atomic E-state index is 0.0938. The SMILES string of the molecule is C[C@@H](Sc1nc2ccccc2[nH]1)C(=O)N1CCCCCC1. The molecule has 1 N–H and O–H groups in total. The Bertz CT molecular complexity index is 584. The number of hydrogen-bond acceptors (Lipinski definition) is 3. The monoisotopic (exact) mass is 303 g/mol. The van der Waals surface area contributed by atoms with Crippen LogP contribution in [0.5, 0.6) is 0 Å². The summed E-state index contributed by atoms with van der Waals surface area (Å²) in [6, 6.07) is 7.95. The number of nitrogens with one attached hydrogen (secondary N) is 1. The van der Waals surface area contributed by atoms with Crippen LogP contribution in [0.2, 0.25) is 0 Å². The summed E-state index contributed by atoms with van der Waals surface area (Å²) in [5.74, 6) is 0.238. The number of aromatic nitrogens is 2. The average molecular weight is 303 g/mol. The number of aromatic amines is 1. The number of rotatable bonds is 3. The van der Waals surface area contributed by atoms with Crippen molar-refractivity contribution in [1.82, 2.24) is 14.9 Å². The molecule has 0 spiro atoms. The first kappa shape index (κ1) is 14.4. The summed E-state index contributed by atoms with van der Waals surface area (Å²) in [5.41, 5.74) is 1.98. The highest BCUT2D eigenvalue weighted by atomic mass is 32.2. The van der Waals surface area contributed by atoms with Crippen LogP contribution < -0.4 is 0 Å². The number of para-hydroxylation sites is 2. The molecule has 0 unspecified atom stereocenters. The molecule has 1 amide bonds. The summed E-state index contributed by atoms with van der Waals surface area (Å²) in [4.78, 5) is 22.4. The maximum atomic E-state index is 12.5. The van der Waals surface area contributed by atoms with Crippen molar-refractivity contribution in [2.45, 2.75) is 43.0 Å². The Morgan fingerprint density at radius 2 is 1.95 bits per heavy atom. The Morgan fingerprint density at radius 1 is 1.24 bits per heavy atom. The van der Waals surface area contributed by atoms with E-state index in [1.54, 1.807) is 0 Å². The topological polar surface area (TPSA) is 49.0 Å². The highest BCUT2D eigenvalue weighted by Crippen LogP contribution is 2.25. The first-order valence-corrected chi connectivity index (χ1v) is 8.52. The summed E-state index contributed by atoms with van der Waals surface area (Å²) in [6.45, 7) is 3.79. The highest BCUT2D eigenvalue weighted by Gasteiger charge is 2.23. The van der Waals surface area contributed by atoms with E-state index in [1.165, 1.54) is 24.6 Å². The number of likely N-dealkylation sites (tertiary alicyclic amines) is 1. The molecule has 0 radical (unpaired) electrons. The molecule has 0 saturated carbocycles. The van der Waals surface area contributed by atoms with E-state index in [1.807, 2.05) is 36.1 Å². The molecule has 1 atom stereocenters. The Kier molecular flexibility index (Phi) is 4.48. The third-order valence-electron chi connectivity index (χ3n) is 3.92. The van der Waals surface area contributed by atoms with E-state index in [0.717, 1.165) is 42.1 Å². The summed E-state index contributed by atoms with van der Waals surface area (Å²) in [5, 5.41) is 0.732. The molecule has 5 heteroatoms. The lowest BCUT2D eigenvalue weighted by atomic mass is 10.2. The quantitative estimate of drug-likeness (QED) is 0.884. The molecule has 0 bridgehead atoms. The van der Waals surface area contributed by atoms with Gasteiger partial charge in [0, 0.05) is 13.1 Å². The Hall–Kier alpha value is -1.49. The van der Waals surface area contributed by atoms with Gasteiger partial charge in [-0.1, -0.05) is 36.7 Å². The highest BCUT2D eigenvalue weighted by molar-refractivity contribution is 8.00. The standard InChI is InChI=1S/C16H21N3OS/c1-12(15(20)19-10-6-2-3-7-11-19)21-16-17-13-8-4-5-9-14(13)18-16/h4-5,8-9,12H,2-3,6-7,10-11H2,1H3,(H,17,18)/t12-/m1/s1. The largest absolute Gasteiger partial charge is 0.342 e. The van der Waals surface area contributed by atoms with Crippen LogP contribution >= 0.6 is 11.8 Å². The number of hydrogen-bond donors (Lipinski definition) is 1. The van der Waals surface area contributed by atoms with Crippen LogP contribution in [0.1, 0.15) is 32.6 Å². The average Bonchev–Trinajstić information content (AvgIpc) is 2.71. The second kappa shape index (κ2) is 6.52. The molecule has 2 aromatic rings. The first-order valence-electron chi connectivity index (χ1n) is 7.64. The minimum Gasteiger partial charge on any atom is -0.342 e. The van der Waals surface area contributed by atoms with E-state index >= 15 is 0 Å². The smallest absolute Gasteiger partial charge is 0.235 e. The van der Waals surface area contributed by atoms with Gasteiger partial charge in [-0.05, 0) is 31.9 Å². The van der Waals surface area contributed by atoms with Crippen molar-refractivity contribution in [3.63, 3.8) is 0 Å². The Labute approximate surface area is 129 Å². The second-order valence-electron chi connectivity index (χ2n) is 5.56. The van der Waals surface area contributed by atoms with Crippen LogP contribution in [0.15, 0.2) is 29.4 Å². The molecule has 1 aliphatic rings. The summed E-state index contributed by atoms with van der Waals surface area (Å²) < 4.78 is 0. The van der Waals surface area contributed by atoms with Crippen molar-refractivity contribution in [3.8, 4) is 0 Å². The third kappa shape index (κ3) is 3.40. The number of amides is 1. The number of carbonyl (C=O) groups excluding carboxylic acids is 1. The fourth-order valence-corrected chi connectivity index (χ4v) is 3.66. The zero-order valence-electron chi connectivity index (χ0n) is 12.3. The van der Waals surface area contributed by atoms with Crippen LogP contribution in [-0.2, 0) is 4.79 Å². The van der Waals surface area contributed by atoms with Gasteiger partial charge in [0.15, 0.2) is 5.16 Å². The summed E-state index contributed by atoms with van der Waals surface area (Å²) in [6.07, 6.45) is 4.76. The predicted octanol–water partition coefficient (Wildman–Crippen LogP) is 3.45. The van der Waals surface area contributed by atoms with Crippen molar-refractivity contribution in [2.24, 2.45) is 0 Å². The number of imidazole rings is 1. The summed E-state index contributed by atoms with van der Waals surface area (Å²) in [7, 11) is 0. The number of thioether (sulfide) groups is 1. The normalized spacial score (nSPS) is 17.7. The van der Waals surface area contributed by atoms with Crippen LogP contribution in [0, 0.1) is 0 Å². The molecule has 1 aliphatic heterocycles. The van der Waals surface area contributed by atoms with E-state index < -0.39 is 0 Å². The van der Waals surface area contributed by atoms with E-state index in [2.05, 4.69) is 9.97 Å². The van der Waals surface area contributed by atoms with Gasteiger partial charge in [-0.3, -0.25) is 4.79 Å². The minimum atomic E-state index is -0.0938. The molecular weight excluding hydrogens is 282 g/mol. The molecule has 21 heavy (non-hydrogen) atoms. The van der Waals surface area contributed by atoms with Crippen molar-refractivity contribution in [2.75, 3.05) is 13.1 Å². The van der Waals surface area contributed by atoms with E-state index in [0.29, 0.717) is 0 Å². The summed E-state index contributed by atoms with van der Waals surface area (Å²) >= 11 is 1.52. The maximum Gasteiger partial charge on any atom is 0.235 e. The molecule has 112 valence electrons. The van der Waals surface area contributed by atoms with E-state index in [9.17, 15) is 4.79 Å². The lowest BCUT2D eigenvalue weighted by molar-refractivity contribution is -0.130. The molecule has 1 aromatic heterocycles. The van der Waals surface area contributed by atoms with E-state index in [4.69, 9.17) is 0 Å². The lowest BCUT2D eigenvalue weighted by Crippen LogP contribution is -2.37. The van der Waals surface area contributed by atoms with Gasteiger partial charge in [0.1, 0.15) is 0 Å². The van der Waals surface area contributed by atoms with Crippen molar-refractivity contribution >= 4 is 28.7 Å². The van der Waals surface area contributed by atoms with Crippen LogP contribution in [0.4, 0.5) is 0 Å². The van der Waals surface area contributed by atoms with Gasteiger partial charge in [0.2, 0.25) is 5.91 Å². The molecule has 2 heterocycles. The van der Waals surface area contributed by atoms with Crippen molar-refractivity contribution < 1.29 is 4.79 Å². The lowest BCUT2D eigenvalue weighted by Gasteiger charge is -2.23. The number of benzene rings is 1. The Balaban J connectivity index is 1.67. The van der Waals surface area contributed by atoms with Gasteiger partial charge in [-0.25, -0.2) is 4.98 Å². The molecule has 1 aromatic carbocycles. The van der Waals surface area contributed by atoms with Gasteiger partial charge < -0.3 is 9.88 Å². The van der Waals surface area contributed by atoms with Crippen LogP contribution in [-0.4, -0.2) is 39.1 Å². The van der Waals surface area contributed by atoms with Crippen molar-refractivity contribution in [1.29, 1.82) is 0 Å². The molecule has 0 aliphatic carbocycles. The number of fused-ring (bicyclic) bond motifs is 1. The van der Waals surface area contributed by atoms with Gasteiger partial charge in [-0.15, -0.1) is 0 Å². The zero-order valence-corrected chi connectivity index (χ0v) is 13.2. The molecule has 4 nitrogen and oxygen atoms in total. The fourth-order valence-electron chi connectivity index (χ4n) is 2.75. The van der Waals surface area contributed by atoms with Gasteiger partial charge >= 0.3 is 0 Å². The van der Waals surface area contributed by atoms with Gasteiger partial charge in [-0.2, -0.15) is 0 Å².